The lowest BCUT2D eigenvalue weighted by molar-refractivity contribution is -0.921. The van der Waals surface area contributed by atoms with E-state index in [2.05, 4.69) is 6.58 Å². The van der Waals surface area contributed by atoms with Gasteiger partial charge in [-0.2, -0.15) is 0 Å². The van der Waals surface area contributed by atoms with Crippen LogP contribution in [0.2, 0.25) is 0 Å². The molecule has 1 saturated heterocycles. The van der Waals surface area contributed by atoms with Crippen molar-refractivity contribution < 1.29 is 14.5 Å². The zero-order valence-corrected chi connectivity index (χ0v) is 11.5. The number of hydrogen-bond donors (Lipinski definition) is 1. The zero-order chi connectivity index (χ0) is 13.4. The molecule has 4 heteroatoms. The summed E-state index contributed by atoms with van der Waals surface area (Å²) in [5.41, 5.74) is 0.278. The first-order valence-electron chi connectivity index (χ1n) is 6.88. The van der Waals surface area contributed by atoms with Crippen molar-refractivity contribution >= 4 is 0 Å². The summed E-state index contributed by atoms with van der Waals surface area (Å²) in [7, 11) is 0. The molecule has 3 atom stereocenters. The first-order chi connectivity index (χ1) is 8.35. The Morgan fingerprint density at radius 1 is 1.44 bits per heavy atom. The number of rotatable bonds is 2. The number of hydroxylamine groups is 3. The number of quaternary nitrogens is 1. The van der Waals surface area contributed by atoms with Crippen molar-refractivity contribution in [1.29, 1.82) is 0 Å². The van der Waals surface area contributed by atoms with Crippen LogP contribution in [0.5, 0.6) is 0 Å². The third-order valence-electron chi connectivity index (χ3n) is 4.72. The Kier molecular flexibility index (Phi) is 3.83. The molecule has 0 bridgehead atoms. The Labute approximate surface area is 109 Å². The highest BCUT2D eigenvalue weighted by Gasteiger charge is 2.48. The van der Waals surface area contributed by atoms with Crippen molar-refractivity contribution in [2.45, 2.75) is 44.8 Å². The van der Waals surface area contributed by atoms with Gasteiger partial charge in [0.1, 0.15) is 24.7 Å². The number of allylic oxidation sites excluding steroid dienone is 1. The van der Waals surface area contributed by atoms with E-state index in [0.717, 1.165) is 18.4 Å². The average molecular weight is 255 g/mol. The molecule has 18 heavy (non-hydrogen) atoms. The lowest BCUT2D eigenvalue weighted by Crippen LogP contribution is -2.66. The fourth-order valence-corrected chi connectivity index (χ4v) is 3.38. The second-order valence-electron chi connectivity index (χ2n) is 6.20. The van der Waals surface area contributed by atoms with E-state index in [0.29, 0.717) is 38.6 Å². The van der Waals surface area contributed by atoms with E-state index in [1.54, 1.807) is 0 Å². The molecule has 0 amide bonds. The van der Waals surface area contributed by atoms with Gasteiger partial charge in [0, 0.05) is 6.42 Å². The van der Waals surface area contributed by atoms with Gasteiger partial charge >= 0.3 is 0 Å². The minimum atomic E-state index is -0.856. The summed E-state index contributed by atoms with van der Waals surface area (Å²) in [6, 6.07) is -0.239. The lowest BCUT2D eigenvalue weighted by Gasteiger charge is -2.57. The number of aliphatic hydroxyl groups is 1. The van der Waals surface area contributed by atoms with Crippen LogP contribution in [0.25, 0.3) is 0 Å². The van der Waals surface area contributed by atoms with Crippen molar-refractivity contribution in [2.75, 3.05) is 26.3 Å². The molecule has 2 fully saturated rings. The Balaban J connectivity index is 2.18. The summed E-state index contributed by atoms with van der Waals surface area (Å²) >= 11 is 0. The second-order valence-corrected chi connectivity index (χ2v) is 6.20. The van der Waals surface area contributed by atoms with E-state index in [1.807, 2.05) is 13.8 Å². The number of nitrogens with zero attached hydrogens (tertiary/aromatic N) is 1. The van der Waals surface area contributed by atoms with E-state index in [9.17, 15) is 10.3 Å². The van der Waals surface area contributed by atoms with Gasteiger partial charge in [0.25, 0.3) is 0 Å². The van der Waals surface area contributed by atoms with Crippen molar-refractivity contribution in [3.8, 4) is 0 Å². The van der Waals surface area contributed by atoms with Gasteiger partial charge in [-0.3, -0.25) is 0 Å². The van der Waals surface area contributed by atoms with Gasteiger partial charge in [-0.25, -0.2) is 0 Å². The predicted octanol–water partition coefficient (Wildman–Crippen LogP) is 1.83. The zero-order valence-electron chi connectivity index (χ0n) is 11.5. The SMILES string of the molecule is C=C(C)[C@@H]1CCC(C)(O)C([N+]2([O-])CCOCC2)C1. The van der Waals surface area contributed by atoms with Crippen LogP contribution in [0.4, 0.5) is 0 Å². The first kappa shape index (κ1) is 14.0. The minimum absolute atomic E-state index is 0.239. The highest BCUT2D eigenvalue weighted by molar-refractivity contribution is 5.03. The van der Waals surface area contributed by atoms with Crippen LogP contribution in [0.15, 0.2) is 12.2 Å². The molecule has 0 spiro atoms. The first-order valence-corrected chi connectivity index (χ1v) is 6.88. The molecule has 0 aromatic rings. The molecule has 1 heterocycles. The van der Waals surface area contributed by atoms with Gasteiger partial charge in [-0.1, -0.05) is 12.2 Å². The third kappa shape index (κ3) is 2.62. The fraction of sp³-hybridized carbons (Fsp3) is 0.857. The molecule has 1 aliphatic heterocycles. The van der Waals surface area contributed by atoms with Crippen molar-refractivity contribution in [3.05, 3.63) is 17.4 Å². The highest BCUT2D eigenvalue weighted by Crippen LogP contribution is 2.40. The van der Waals surface area contributed by atoms with Crippen LogP contribution >= 0.6 is 0 Å². The Morgan fingerprint density at radius 2 is 2.06 bits per heavy atom. The van der Waals surface area contributed by atoms with Crippen LogP contribution in [0, 0.1) is 11.1 Å². The standard InChI is InChI=1S/C14H25NO3/c1-11(2)12-4-5-14(3,16)13(10-12)15(17)6-8-18-9-7-15/h12-13,16H,1,4-10H2,2-3H3/t12-,13?,14?/m1/s1. The molecule has 104 valence electrons. The molecular formula is C14H25NO3. The van der Waals surface area contributed by atoms with E-state index in [4.69, 9.17) is 4.74 Å². The molecular weight excluding hydrogens is 230 g/mol. The van der Waals surface area contributed by atoms with E-state index in [-0.39, 0.29) is 10.7 Å². The topological polar surface area (TPSA) is 52.5 Å². The van der Waals surface area contributed by atoms with Crippen LogP contribution in [-0.4, -0.2) is 47.7 Å². The van der Waals surface area contributed by atoms with Crippen LogP contribution in [-0.2, 0) is 4.74 Å². The van der Waals surface area contributed by atoms with E-state index >= 15 is 0 Å². The normalized spacial score (nSPS) is 40.4. The number of ether oxygens (including phenoxy) is 1. The molecule has 1 saturated carbocycles. The maximum Gasteiger partial charge on any atom is 0.118 e. The second kappa shape index (κ2) is 4.93. The molecule has 1 N–H and O–H groups in total. The monoisotopic (exact) mass is 255 g/mol. The van der Waals surface area contributed by atoms with Crippen LogP contribution in [0.1, 0.15) is 33.1 Å². The molecule has 2 aliphatic rings. The predicted molar refractivity (Wildman–Crippen MR) is 70.7 cm³/mol. The number of hydrogen-bond acceptors (Lipinski definition) is 3. The quantitative estimate of drug-likeness (QED) is 0.465. The Hall–Kier alpha value is -0.420. The van der Waals surface area contributed by atoms with Crippen molar-refractivity contribution in [3.63, 3.8) is 0 Å². The van der Waals surface area contributed by atoms with Crippen molar-refractivity contribution in [1.82, 2.24) is 0 Å². The fourth-order valence-electron chi connectivity index (χ4n) is 3.38. The highest BCUT2D eigenvalue weighted by atomic mass is 16.6. The summed E-state index contributed by atoms with van der Waals surface area (Å²) in [6.45, 7) is 9.80. The molecule has 0 radical (unpaired) electrons. The summed E-state index contributed by atoms with van der Waals surface area (Å²) in [4.78, 5) is 0. The molecule has 0 aromatic carbocycles. The largest absolute Gasteiger partial charge is 0.632 e. The van der Waals surface area contributed by atoms with Crippen molar-refractivity contribution in [2.24, 2.45) is 5.92 Å². The summed E-state index contributed by atoms with van der Waals surface area (Å²) in [6.07, 6.45) is 2.39. The van der Waals surface area contributed by atoms with Gasteiger partial charge in [0.2, 0.25) is 0 Å². The Morgan fingerprint density at radius 3 is 2.61 bits per heavy atom. The molecule has 2 rings (SSSR count). The van der Waals surface area contributed by atoms with Crippen LogP contribution in [0.3, 0.4) is 0 Å². The smallest absolute Gasteiger partial charge is 0.118 e. The van der Waals surface area contributed by atoms with E-state index < -0.39 is 5.60 Å². The van der Waals surface area contributed by atoms with E-state index in [1.165, 1.54) is 0 Å². The molecule has 2 unspecified atom stereocenters. The summed E-state index contributed by atoms with van der Waals surface area (Å²) < 4.78 is 4.99. The van der Waals surface area contributed by atoms with Gasteiger partial charge < -0.3 is 19.7 Å². The Bertz CT molecular complexity index is 321. The van der Waals surface area contributed by atoms with Gasteiger partial charge in [-0.05, 0) is 32.6 Å². The molecule has 0 aromatic heterocycles. The van der Waals surface area contributed by atoms with Gasteiger partial charge in [0.15, 0.2) is 0 Å². The maximum atomic E-state index is 12.9. The number of morpholine rings is 1. The third-order valence-corrected chi connectivity index (χ3v) is 4.72. The van der Waals surface area contributed by atoms with Gasteiger partial charge in [0.05, 0.1) is 13.2 Å². The van der Waals surface area contributed by atoms with Gasteiger partial charge in [-0.15, -0.1) is 0 Å². The maximum absolute atomic E-state index is 12.9. The molecule has 4 nitrogen and oxygen atoms in total. The minimum Gasteiger partial charge on any atom is -0.632 e. The summed E-state index contributed by atoms with van der Waals surface area (Å²) in [5.74, 6) is 0.377. The summed E-state index contributed by atoms with van der Waals surface area (Å²) in [5, 5.41) is 23.5. The molecule has 1 aliphatic carbocycles. The average Bonchev–Trinajstić information content (AvgIpc) is 2.28. The van der Waals surface area contributed by atoms with Crippen LogP contribution < -0.4 is 0 Å². The lowest BCUT2D eigenvalue weighted by atomic mass is 9.73.